The highest BCUT2D eigenvalue weighted by Crippen LogP contribution is 1.90. The smallest absolute Gasteiger partial charge is 0.416 e. The van der Waals surface area contributed by atoms with Gasteiger partial charge < -0.3 is 9.31 Å². The van der Waals surface area contributed by atoms with Gasteiger partial charge >= 0.3 is 14.3 Å². The molecule has 0 aromatic carbocycles. The van der Waals surface area contributed by atoms with Crippen molar-refractivity contribution in [2.24, 2.45) is 0 Å². The second-order valence-electron chi connectivity index (χ2n) is 0.729. The molecule has 0 aromatic rings. The van der Waals surface area contributed by atoms with Gasteiger partial charge in [0, 0.05) is 7.11 Å². The first-order valence-electron chi connectivity index (χ1n) is 1.55. The van der Waals surface area contributed by atoms with E-state index in [9.17, 15) is 8.78 Å². The van der Waals surface area contributed by atoms with Crippen LogP contribution in [0.4, 0.5) is 8.78 Å². The predicted octanol–water partition coefficient (Wildman–Crippen LogP) is 0.406. The van der Waals surface area contributed by atoms with Crippen LogP contribution in [-0.2, 0) is 9.31 Å². The van der Waals surface area contributed by atoms with Gasteiger partial charge in [0.05, 0.1) is 0 Å². The van der Waals surface area contributed by atoms with Gasteiger partial charge in [-0.15, -0.1) is 0 Å². The van der Waals surface area contributed by atoms with E-state index >= 15 is 0 Å². The molecule has 0 aliphatic rings. The zero-order chi connectivity index (χ0) is 5.70. The van der Waals surface area contributed by atoms with Gasteiger partial charge in [0.1, 0.15) is 0 Å². The molecule has 0 N–H and O–H groups in total. The molecule has 0 amide bonds. The molecular formula is C2H4BF2O2. The van der Waals surface area contributed by atoms with E-state index in [-0.39, 0.29) is 0 Å². The first-order valence-corrected chi connectivity index (χ1v) is 1.55. The van der Waals surface area contributed by atoms with Gasteiger partial charge in [0.15, 0.2) is 0 Å². The topological polar surface area (TPSA) is 18.5 Å². The second-order valence-corrected chi connectivity index (χ2v) is 0.729. The van der Waals surface area contributed by atoms with Crippen LogP contribution in [0.2, 0.25) is 0 Å². The minimum absolute atomic E-state index is 0.574. The van der Waals surface area contributed by atoms with E-state index in [1.807, 2.05) is 0 Å². The van der Waals surface area contributed by atoms with E-state index in [1.165, 1.54) is 7.11 Å². The maximum atomic E-state index is 10.9. The van der Waals surface area contributed by atoms with Crippen LogP contribution in [0, 0.1) is 0 Å². The van der Waals surface area contributed by atoms with Crippen LogP contribution < -0.4 is 0 Å². The number of rotatable bonds is 3. The largest absolute Gasteiger partial charge is 0.491 e. The van der Waals surface area contributed by atoms with Crippen LogP contribution in [0.3, 0.4) is 0 Å². The van der Waals surface area contributed by atoms with Crippen molar-refractivity contribution < 1.29 is 18.1 Å². The summed E-state index contributed by atoms with van der Waals surface area (Å²) in [6.07, 6.45) is 0. The zero-order valence-electron chi connectivity index (χ0n) is 3.73. The Hall–Kier alpha value is -0.155. The molecule has 0 unspecified atom stereocenters. The molecule has 0 spiro atoms. The van der Waals surface area contributed by atoms with E-state index in [1.54, 1.807) is 0 Å². The Bertz CT molecular complexity index is 42.7. The Morgan fingerprint density at radius 3 is 2.29 bits per heavy atom. The van der Waals surface area contributed by atoms with Crippen molar-refractivity contribution in [3.8, 4) is 0 Å². The average molecular weight is 109 g/mol. The maximum Gasteiger partial charge on any atom is 0.491 e. The van der Waals surface area contributed by atoms with Crippen molar-refractivity contribution in [1.82, 2.24) is 0 Å². The maximum absolute atomic E-state index is 10.9. The highest BCUT2D eigenvalue weighted by molar-refractivity contribution is 6.17. The summed E-state index contributed by atoms with van der Waals surface area (Å²) in [4.78, 5) is 0. The third-order valence-electron chi connectivity index (χ3n) is 0.255. The Morgan fingerprint density at radius 1 is 1.57 bits per heavy atom. The van der Waals surface area contributed by atoms with E-state index in [0.29, 0.717) is 7.69 Å². The minimum atomic E-state index is -2.78. The fourth-order valence-corrected chi connectivity index (χ4v) is 0.0976. The lowest BCUT2D eigenvalue weighted by Gasteiger charge is -1.94. The number of alkyl halides is 2. The molecule has 2 nitrogen and oxygen atoms in total. The fourth-order valence-electron chi connectivity index (χ4n) is 0.0976. The van der Waals surface area contributed by atoms with Crippen LogP contribution in [0.25, 0.3) is 0 Å². The van der Waals surface area contributed by atoms with E-state index < -0.39 is 6.61 Å². The van der Waals surface area contributed by atoms with E-state index in [2.05, 4.69) is 9.31 Å². The number of halogens is 2. The summed E-state index contributed by atoms with van der Waals surface area (Å²) >= 11 is 0. The molecule has 1 radical (unpaired) electrons. The van der Waals surface area contributed by atoms with E-state index in [4.69, 9.17) is 0 Å². The van der Waals surface area contributed by atoms with Crippen molar-refractivity contribution in [2.45, 2.75) is 6.61 Å². The standard InChI is InChI=1S/C2H4BF2O2/c1-6-3-7-2(4)5/h2H,1H3. The summed E-state index contributed by atoms with van der Waals surface area (Å²) in [7, 11) is 1.80. The Labute approximate surface area is 40.7 Å². The molecule has 0 saturated heterocycles. The van der Waals surface area contributed by atoms with Gasteiger partial charge in [-0.1, -0.05) is 0 Å². The summed E-state index contributed by atoms with van der Waals surface area (Å²) in [6, 6.07) is 0. The molecule has 0 fully saturated rings. The SMILES string of the molecule is CO[B]OC(F)F. The summed E-state index contributed by atoms with van der Waals surface area (Å²) in [6.45, 7) is -2.78. The van der Waals surface area contributed by atoms with Crippen molar-refractivity contribution in [1.29, 1.82) is 0 Å². The van der Waals surface area contributed by atoms with Gasteiger partial charge in [-0.05, 0) is 0 Å². The van der Waals surface area contributed by atoms with Crippen LogP contribution in [-0.4, -0.2) is 21.4 Å². The first kappa shape index (κ1) is 6.84. The Balaban J connectivity index is 2.68. The van der Waals surface area contributed by atoms with Crippen molar-refractivity contribution in [3.63, 3.8) is 0 Å². The molecule has 0 aromatic heterocycles. The molecule has 0 aliphatic heterocycles. The van der Waals surface area contributed by atoms with Crippen LogP contribution in [0.15, 0.2) is 0 Å². The summed E-state index contributed by atoms with van der Waals surface area (Å²) in [5.41, 5.74) is 0. The normalized spacial score (nSPS) is 9.71. The van der Waals surface area contributed by atoms with Gasteiger partial charge in [0.25, 0.3) is 0 Å². The average Bonchev–Trinajstić information content (AvgIpc) is 1.61. The molecule has 0 saturated carbocycles. The molecule has 41 valence electrons. The second kappa shape index (κ2) is 4.02. The summed E-state index contributed by atoms with van der Waals surface area (Å²) < 4.78 is 29.3. The molecule has 0 aliphatic carbocycles. The molecule has 0 bridgehead atoms. The molecular weight excluding hydrogens is 105 g/mol. The zero-order valence-corrected chi connectivity index (χ0v) is 3.73. The van der Waals surface area contributed by atoms with Crippen molar-refractivity contribution >= 4 is 7.69 Å². The van der Waals surface area contributed by atoms with Gasteiger partial charge in [-0.25, -0.2) is 0 Å². The third-order valence-corrected chi connectivity index (χ3v) is 0.255. The van der Waals surface area contributed by atoms with Gasteiger partial charge in [0.2, 0.25) is 0 Å². The summed E-state index contributed by atoms with van der Waals surface area (Å²) in [5, 5.41) is 0. The van der Waals surface area contributed by atoms with Crippen LogP contribution in [0.5, 0.6) is 0 Å². The third kappa shape index (κ3) is 5.84. The van der Waals surface area contributed by atoms with E-state index in [0.717, 1.165) is 0 Å². The lowest BCUT2D eigenvalue weighted by atomic mass is 10.4. The fraction of sp³-hybridized carbons (Fsp3) is 1.00. The van der Waals surface area contributed by atoms with Gasteiger partial charge in [-0.3, -0.25) is 0 Å². The number of hydrogen-bond donors (Lipinski definition) is 0. The lowest BCUT2D eigenvalue weighted by molar-refractivity contribution is -0.0591. The van der Waals surface area contributed by atoms with Gasteiger partial charge in [-0.2, -0.15) is 8.78 Å². The van der Waals surface area contributed by atoms with Crippen molar-refractivity contribution in [2.75, 3.05) is 7.11 Å². The molecule has 5 heteroatoms. The van der Waals surface area contributed by atoms with Crippen LogP contribution in [0.1, 0.15) is 0 Å². The highest BCUT2D eigenvalue weighted by Gasteiger charge is 2.00. The molecule has 0 atom stereocenters. The number of hydrogen-bond acceptors (Lipinski definition) is 2. The lowest BCUT2D eigenvalue weighted by Crippen LogP contribution is -2.05. The Kier molecular flexibility index (Phi) is 3.93. The minimum Gasteiger partial charge on any atom is -0.416 e. The molecule has 0 rings (SSSR count). The highest BCUT2D eigenvalue weighted by atomic mass is 19.3. The molecule has 0 heterocycles. The quantitative estimate of drug-likeness (QED) is 0.488. The first-order chi connectivity index (χ1) is 3.27. The van der Waals surface area contributed by atoms with Crippen molar-refractivity contribution in [3.05, 3.63) is 0 Å². The van der Waals surface area contributed by atoms with Crippen LogP contribution >= 0.6 is 0 Å². The Morgan fingerprint density at radius 2 is 2.14 bits per heavy atom. The predicted molar refractivity (Wildman–Crippen MR) is 19.9 cm³/mol. The monoisotopic (exact) mass is 109 g/mol. The summed E-state index contributed by atoms with van der Waals surface area (Å²) in [5.74, 6) is 0. The molecule has 7 heavy (non-hydrogen) atoms.